The van der Waals surface area contributed by atoms with Crippen molar-refractivity contribution in [3.63, 3.8) is 0 Å². The maximum absolute atomic E-state index is 13.1. The van der Waals surface area contributed by atoms with Crippen molar-refractivity contribution in [1.29, 1.82) is 0 Å². The molecule has 2 aromatic heterocycles. The van der Waals surface area contributed by atoms with Crippen LogP contribution in [-0.4, -0.2) is 35.7 Å². The zero-order valence-electron chi connectivity index (χ0n) is 17.7. The summed E-state index contributed by atoms with van der Waals surface area (Å²) in [5, 5.41) is 0.579. The van der Waals surface area contributed by atoms with Crippen molar-refractivity contribution in [2.24, 2.45) is 0 Å². The lowest BCUT2D eigenvalue weighted by molar-refractivity contribution is 0.00578. The molecule has 3 aromatic rings. The van der Waals surface area contributed by atoms with Crippen LogP contribution in [0, 0.1) is 6.92 Å². The Kier molecular flexibility index (Phi) is 4.76. The average molecular weight is 428 g/mol. The number of aryl methyl sites for hydroxylation is 1. The quantitative estimate of drug-likeness (QED) is 0.645. The van der Waals surface area contributed by atoms with E-state index in [1.807, 2.05) is 46.8 Å². The van der Waals surface area contributed by atoms with Gasteiger partial charge in [0.05, 0.1) is 17.0 Å². The first-order chi connectivity index (χ1) is 13.9. The standard InChI is InChI=1S/C21H25BN2O5S/c1-14-12-17(22-28-20(2,3)21(4,5)29-22)7-6-16(14)13-30(26,27)24-11-9-15-8-10-23-19(25)18(15)24/h6-12H,13H2,1-5H3,(H,23,25). The van der Waals surface area contributed by atoms with E-state index < -0.39 is 33.9 Å². The van der Waals surface area contributed by atoms with E-state index in [-0.39, 0.29) is 11.3 Å². The molecule has 158 valence electrons. The number of nitrogens with one attached hydrogen (secondary N) is 1. The number of hydrogen-bond acceptors (Lipinski definition) is 5. The second-order valence-corrected chi connectivity index (χ2v) is 10.6. The molecule has 1 saturated heterocycles. The molecule has 0 spiro atoms. The van der Waals surface area contributed by atoms with Crippen LogP contribution in [0.1, 0.15) is 38.8 Å². The largest absolute Gasteiger partial charge is 0.494 e. The van der Waals surface area contributed by atoms with Crippen LogP contribution in [0.5, 0.6) is 0 Å². The number of benzene rings is 1. The molecule has 4 rings (SSSR count). The van der Waals surface area contributed by atoms with Gasteiger partial charge in [-0.2, -0.15) is 0 Å². The maximum Gasteiger partial charge on any atom is 0.494 e. The molecule has 30 heavy (non-hydrogen) atoms. The molecule has 9 heteroatoms. The minimum Gasteiger partial charge on any atom is -0.399 e. The molecule has 0 unspecified atom stereocenters. The summed E-state index contributed by atoms with van der Waals surface area (Å²) in [5.74, 6) is -0.222. The Morgan fingerprint density at radius 1 is 1.07 bits per heavy atom. The Balaban J connectivity index is 1.64. The van der Waals surface area contributed by atoms with Gasteiger partial charge in [0.15, 0.2) is 0 Å². The van der Waals surface area contributed by atoms with Crippen molar-refractivity contribution < 1.29 is 17.7 Å². The highest BCUT2D eigenvalue weighted by Crippen LogP contribution is 2.36. The third-order valence-corrected chi connectivity index (χ3v) is 7.68. The lowest BCUT2D eigenvalue weighted by atomic mass is 9.78. The van der Waals surface area contributed by atoms with Gasteiger partial charge in [0.1, 0.15) is 5.52 Å². The van der Waals surface area contributed by atoms with Gasteiger partial charge in [-0.25, -0.2) is 12.4 Å². The Hall–Kier alpha value is -2.36. The fourth-order valence-electron chi connectivity index (χ4n) is 3.57. The summed E-state index contributed by atoms with van der Waals surface area (Å²) in [6, 6.07) is 8.81. The highest BCUT2D eigenvalue weighted by molar-refractivity contribution is 7.89. The lowest BCUT2D eigenvalue weighted by Gasteiger charge is -2.32. The molecule has 1 fully saturated rings. The van der Waals surface area contributed by atoms with Crippen LogP contribution >= 0.6 is 0 Å². The third kappa shape index (κ3) is 3.40. The molecule has 0 saturated carbocycles. The van der Waals surface area contributed by atoms with Gasteiger partial charge < -0.3 is 14.3 Å². The molecule has 0 atom stereocenters. The number of H-pyrrole nitrogens is 1. The zero-order chi connectivity index (χ0) is 21.9. The van der Waals surface area contributed by atoms with Crippen LogP contribution in [0.15, 0.2) is 47.5 Å². The Morgan fingerprint density at radius 2 is 1.73 bits per heavy atom. The van der Waals surface area contributed by atoms with E-state index in [1.165, 1.54) is 12.4 Å². The first-order valence-electron chi connectivity index (χ1n) is 9.78. The number of nitrogens with zero attached hydrogens (tertiary/aromatic N) is 1. The summed E-state index contributed by atoms with van der Waals surface area (Å²) in [6.07, 6.45) is 2.92. The van der Waals surface area contributed by atoms with E-state index in [0.29, 0.717) is 10.9 Å². The molecule has 1 aliphatic heterocycles. The highest BCUT2D eigenvalue weighted by Gasteiger charge is 2.51. The molecular weight excluding hydrogens is 403 g/mol. The molecule has 0 amide bonds. The first kappa shape index (κ1) is 20.9. The summed E-state index contributed by atoms with van der Waals surface area (Å²) in [5.41, 5.74) is 1.11. The molecule has 0 bridgehead atoms. The van der Waals surface area contributed by atoms with E-state index in [1.54, 1.807) is 18.2 Å². The second-order valence-electron chi connectivity index (χ2n) is 8.75. The molecule has 1 N–H and O–H groups in total. The summed E-state index contributed by atoms with van der Waals surface area (Å²) in [6.45, 7) is 9.82. The van der Waals surface area contributed by atoms with E-state index >= 15 is 0 Å². The fourth-order valence-corrected chi connectivity index (χ4v) is 5.14. The number of pyridine rings is 1. The fraction of sp³-hybridized carbons (Fsp3) is 0.381. The van der Waals surface area contributed by atoms with Gasteiger partial charge in [0, 0.05) is 17.8 Å². The van der Waals surface area contributed by atoms with Gasteiger partial charge >= 0.3 is 7.12 Å². The maximum atomic E-state index is 13.1. The van der Waals surface area contributed by atoms with Crippen molar-refractivity contribution in [2.75, 3.05) is 0 Å². The van der Waals surface area contributed by atoms with Crippen molar-refractivity contribution >= 4 is 33.5 Å². The van der Waals surface area contributed by atoms with Gasteiger partial charge in [-0.3, -0.25) is 4.79 Å². The summed E-state index contributed by atoms with van der Waals surface area (Å²) >= 11 is 0. The van der Waals surface area contributed by atoms with Crippen LogP contribution in [0.3, 0.4) is 0 Å². The normalized spacial score (nSPS) is 18.2. The number of rotatable bonds is 4. The van der Waals surface area contributed by atoms with Crippen molar-refractivity contribution in [3.05, 3.63) is 64.2 Å². The molecule has 7 nitrogen and oxygen atoms in total. The number of fused-ring (bicyclic) bond motifs is 1. The van der Waals surface area contributed by atoms with E-state index in [9.17, 15) is 13.2 Å². The van der Waals surface area contributed by atoms with Gasteiger partial charge in [0.25, 0.3) is 5.56 Å². The van der Waals surface area contributed by atoms with Gasteiger partial charge in [-0.15, -0.1) is 0 Å². The average Bonchev–Trinajstić information content (AvgIpc) is 3.17. The predicted molar refractivity (Wildman–Crippen MR) is 117 cm³/mol. The van der Waals surface area contributed by atoms with Crippen LogP contribution in [0.4, 0.5) is 0 Å². The topological polar surface area (TPSA) is 90.4 Å². The van der Waals surface area contributed by atoms with Crippen molar-refractivity contribution in [3.8, 4) is 0 Å². The lowest BCUT2D eigenvalue weighted by Crippen LogP contribution is -2.41. The number of aromatic nitrogens is 2. The van der Waals surface area contributed by atoms with E-state index in [2.05, 4.69) is 4.98 Å². The van der Waals surface area contributed by atoms with Gasteiger partial charge in [0.2, 0.25) is 10.0 Å². The zero-order valence-corrected chi connectivity index (χ0v) is 18.5. The van der Waals surface area contributed by atoms with Gasteiger partial charge in [-0.1, -0.05) is 18.2 Å². The number of aromatic amines is 1. The van der Waals surface area contributed by atoms with Crippen LogP contribution in [-0.2, 0) is 25.1 Å². The summed E-state index contributed by atoms with van der Waals surface area (Å²) in [4.78, 5) is 14.7. The Bertz CT molecular complexity index is 1270. The predicted octanol–water partition coefficient (Wildman–Crippen LogP) is 2.32. The summed E-state index contributed by atoms with van der Waals surface area (Å²) in [7, 11) is -4.28. The number of hydrogen-bond donors (Lipinski definition) is 1. The Labute approximate surface area is 176 Å². The SMILES string of the molecule is Cc1cc(B2OC(C)(C)C(C)(C)O2)ccc1CS(=O)(=O)n1ccc2cc[nH]c(=O)c21. The molecule has 0 aliphatic carbocycles. The molecule has 1 aromatic carbocycles. The van der Waals surface area contributed by atoms with Crippen LogP contribution in [0.25, 0.3) is 10.9 Å². The Morgan fingerprint density at radius 3 is 2.37 bits per heavy atom. The smallest absolute Gasteiger partial charge is 0.399 e. The molecule has 0 radical (unpaired) electrons. The third-order valence-electron chi connectivity index (χ3n) is 6.11. The van der Waals surface area contributed by atoms with Gasteiger partial charge in [-0.05, 0) is 63.3 Å². The molecule has 3 heterocycles. The highest BCUT2D eigenvalue weighted by atomic mass is 32.2. The first-order valence-corrected chi connectivity index (χ1v) is 11.4. The molecular formula is C21H25BN2O5S. The van der Waals surface area contributed by atoms with E-state index in [0.717, 1.165) is 15.0 Å². The van der Waals surface area contributed by atoms with E-state index in [4.69, 9.17) is 9.31 Å². The molecule has 1 aliphatic rings. The monoisotopic (exact) mass is 428 g/mol. The second kappa shape index (κ2) is 6.83. The van der Waals surface area contributed by atoms with Crippen LogP contribution < -0.4 is 11.0 Å². The van der Waals surface area contributed by atoms with Crippen molar-refractivity contribution in [2.45, 2.75) is 51.6 Å². The van der Waals surface area contributed by atoms with Crippen molar-refractivity contribution in [1.82, 2.24) is 8.96 Å². The summed E-state index contributed by atoms with van der Waals surface area (Å²) < 4.78 is 39.3. The minimum absolute atomic E-state index is 0.129. The van der Waals surface area contributed by atoms with Crippen LogP contribution in [0.2, 0.25) is 0 Å². The minimum atomic E-state index is -3.78.